The van der Waals surface area contributed by atoms with Crippen molar-refractivity contribution in [3.05, 3.63) is 29.2 Å². The Balaban J connectivity index is 2.17. The summed E-state index contributed by atoms with van der Waals surface area (Å²) < 4.78 is 25.8. The highest BCUT2D eigenvalue weighted by atomic mass is 35.5. The van der Waals surface area contributed by atoms with E-state index in [9.17, 15) is 13.2 Å². The normalized spacial score (nSPS) is 20.0. The SMILES string of the molecule is CON(C)C(=O)c1cc(Cl)c2cncn2c1N1CCS(=O)(=O)C(C)C1. The van der Waals surface area contributed by atoms with Gasteiger partial charge in [-0.3, -0.25) is 14.0 Å². The molecule has 0 spiro atoms. The standard InChI is InChI=1S/C15H19ClN4O4S/c1-10-8-19(4-5-25(10,22)23)14-11(15(21)18(2)24-3)6-12(16)13-7-17-9-20(13)14/h6-7,9-10H,4-5,8H2,1-3H3. The Labute approximate surface area is 150 Å². The number of carbonyl (C=O) groups is 1. The summed E-state index contributed by atoms with van der Waals surface area (Å²) in [5.74, 6) is 0.212. The van der Waals surface area contributed by atoms with Gasteiger partial charge in [-0.1, -0.05) is 11.6 Å². The molecule has 0 aliphatic carbocycles. The monoisotopic (exact) mass is 386 g/mol. The van der Waals surface area contributed by atoms with Gasteiger partial charge in [0, 0.05) is 20.1 Å². The molecular weight excluding hydrogens is 368 g/mol. The van der Waals surface area contributed by atoms with Gasteiger partial charge in [-0.15, -0.1) is 0 Å². The summed E-state index contributed by atoms with van der Waals surface area (Å²) in [4.78, 5) is 23.7. The van der Waals surface area contributed by atoms with Crippen LogP contribution in [0.1, 0.15) is 17.3 Å². The highest BCUT2D eigenvalue weighted by Crippen LogP contribution is 2.31. The first kappa shape index (κ1) is 18.0. The third-order valence-electron chi connectivity index (χ3n) is 4.45. The number of hydrogen-bond donors (Lipinski definition) is 0. The number of fused-ring (bicyclic) bond motifs is 1. The highest BCUT2D eigenvalue weighted by Gasteiger charge is 2.33. The Bertz CT molecular complexity index is 927. The summed E-state index contributed by atoms with van der Waals surface area (Å²) in [6, 6.07) is 1.57. The van der Waals surface area contributed by atoms with Crippen LogP contribution in [-0.2, 0) is 14.7 Å². The second kappa shape index (κ2) is 6.47. The van der Waals surface area contributed by atoms with Gasteiger partial charge >= 0.3 is 0 Å². The van der Waals surface area contributed by atoms with Crippen molar-refractivity contribution in [1.82, 2.24) is 14.4 Å². The van der Waals surface area contributed by atoms with Gasteiger partial charge in [-0.25, -0.2) is 18.5 Å². The number of carbonyl (C=O) groups excluding carboxylic acids is 1. The molecule has 1 fully saturated rings. The maximum atomic E-state index is 12.7. The number of imidazole rings is 1. The molecule has 136 valence electrons. The van der Waals surface area contributed by atoms with Crippen LogP contribution in [0.5, 0.6) is 0 Å². The zero-order valence-electron chi connectivity index (χ0n) is 14.1. The van der Waals surface area contributed by atoms with Crippen molar-refractivity contribution in [2.75, 3.05) is 37.9 Å². The molecule has 1 atom stereocenters. The largest absolute Gasteiger partial charge is 0.355 e. The van der Waals surface area contributed by atoms with Gasteiger partial charge in [0.2, 0.25) is 0 Å². The van der Waals surface area contributed by atoms with Gasteiger partial charge in [0.05, 0.1) is 40.4 Å². The lowest BCUT2D eigenvalue weighted by molar-refractivity contribution is -0.0756. The van der Waals surface area contributed by atoms with E-state index in [1.54, 1.807) is 29.9 Å². The van der Waals surface area contributed by atoms with Crippen LogP contribution in [0.4, 0.5) is 5.82 Å². The molecule has 1 unspecified atom stereocenters. The molecule has 0 aromatic carbocycles. The molecule has 0 N–H and O–H groups in total. The minimum Gasteiger partial charge on any atom is -0.355 e. The van der Waals surface area contributed by atoms with Crippen LogP contribution in [0.25, 0.3) is 5.52 Å². The van der Waals surface area contributed by atoms with Crippen molar-refractivity contribution in [3.8, 4) is 0 Å². The van der Waals surface area contributed by atoms with Crippen molar-refractivity contribution in [3.63, 3.8) is 0 Å². The Morgan fingerprint density at radius 1 is 1.48 bits per heavy atom. The topological polar surface area (TPSA) is 84.2 Å². The number of aromatic nitrogens is 2. The second-order valence-corrected chi connectivity index (χ2v) is 8.93. The molecule has 2 aromatic rings. The average molecular weight is 387 g/mol. The lowest BCUT2D eigenvalue weighted by atomic mass is 10.2. The number of pyridine rings is 1. The molecule has 0 bridgehead atoms. The molecule has 1 aliphatic heterocycles. The van der Waals surface area contributed by atoms with Crippen molar-refractivity contribution in [2.45, 2.75) is 12.2 Å². The second-order valence-electron chi connectivity index (χ2n) is 5.99. The Kier molecular flexibility index (Phi) is 4.65. The number of rotatable bonds is 3. The number of sulfone groups is 1. The van der Waals surface area contributed by atoms with E-state index in [2.05, 4.69) is 4.98 Å². The molecule has 3 heterocycles. The molecule has 0 saturated carbocycles. The first-order valence-corrected chi connectivity index (χ1v) is 9.79. The lowest BCUT2D eigenvalue weighted by Crippen LogP contribution is -2.47. The van der Waals surface area contributed by atoms with Crippen molar-refractivity contribution < 1.29 is 18.0 Å². The average Bonchev–Trinajstić information content (AvgIpc) is 3.06. The Morgan fingerprint density at radius 3 is 2.84 bits per heavy atom. The Hall–Kier alpha value is -1.84. The highest BCUT2D eigenvalue weighted by molar-refractivity contribution is 7.92. The predicted molar refractivity (Wildman–Crippen MR) is 94.8 cm³/mol. The molecule has 2 aromatic heterocycles. The van der Waals surface area contributed by atoms with E-state index in [-0.39, 0.29) is 18.2 Å². The van der Waals surface area contributed by atoms with E-state index in [0.717, 1.165) is 5.06 Å². The first-order valence-electron chi connectivity index (χ1n) is 7.69. The molecule has 3 rings (SSSR count). The van der Waals surface area contributed by atoms with Crippen molar-refractivity contribution in [1.29, 1.82) is 0 Å². The smallest absolute Gasteiger partial charge is 0.280 e. The van der Waals surface area contributed by atoms with Gasteiger partial charge in [0.1, 0.15) is 12.1 Å². The van der Waals surface area contributed by atoms with Gasteiger partial charge in [-0.2, -0.15) is 0 Å². The van der Waals surface area contributed by atoms with Crippen LogP contribution in [0.2, 0.25) is 5.02 Å². The predicted octanol–water partition coefficient (Wildman–Crippen LogP) is 1.24. The van der Waals surface area contributed by atoms with E-state index < -0.39 is 15.1 Å². The maximum absolute atomic E-state index is 12.7. The molecule has 0 radical (unpaired) electrons. The summed E-state index contributed by atoms with van der Waals surface area (Å²) in [5.41, 5.74) is 0.973. The zero-order chi connectivity index (χ0) is 18.4. The van der Waals surface area contributed by atoms with E-state index in [0.29, 0.717) is 28.5 Å². The van der Waals surface area contributed by atoms with E-state index in [4.69, 9.17) is 16.4 Å². The third-order valence-corrected chi connectivity index (χ3v) is 6.88. The molecular formula is C15H19ClN4O4S. The molecule has 25 heavy (non-hydrogen) atoms. The fraction of sp³-hybridized carbons (Fsp3) is 0.467. The van der Waals surface area contributed by atoms with Crippen LogP contribution in [0, 0.1) is 0 Å². The number of hydroxylamine groups is 2. The van der Waals surface area contributed by atoms with Gasteiger partial charge in [0.25, 0.3) is 5.91 Å². The van der Waals surface area contributed by atoms with Crippen LogP contribution in [-0.4, -0.2) is 67.0 Å². The van der Waals surface area contributed by atoms with E-state index >= 15 is 0 Å². The Morgan fingerprint density at radius 2 is 2.20 bits per heavy atom. The summed E-state index contributed by atoms with van der Waals surface area (Å²) >= 11 is 6.29. The maximum Gasteiger partial charge on any atom is 0.280 e. The third kappa shape index (κ3) is 3.07. The number of hydrogen-bond acceptors (Lipinski definition) is 6. The number of amides is 1. The number of nitrogens with zero attached hydrogens (tertiary/aromatic N) is 4. The van der Waals surface area contributed by atoms with E-state index in [1.807, 2.05) is 4.90 Å². The van der Waals surface area contributed by atoms with Crippen molar-refractivity contribution in [2.24, 2.45) is 0 Å². The van der Waals surface area contributed by atoms with Gasteiger partial charge < -0.3 is 4.90 Å². The summed E-state index contributed by atoms with van der Waals surface area (Å²) in [5, 5.41) is 0.951. The first-order chi connectivity index (χ1) is 11.8. The van der Waals surface area contributed by atoms with Crippen LogP contribution >= 0.6 is 11.6 Å². The fourth-order valence-corrected chi connectivity index (χ4v) is 4.45. The van der Waals surface area contributed by atoms with E-state index in [1.165, 1.54) is 14.2 Å². The molecule has 1 aliphatic rings. The molecule has 1 amide bonds. The lowest BCUT2D eigenvalue weighted by Gasteiger charge is -2.34. The number of halogens is 1. The minimum atomic E-state index is -3.12. The van der Waals surface area contributed by atoms with Crippen LogP contribution in [0.3, 0.4) is 0 Å². The number of anilines is 1. The molecule has 8 nitrogen and oxygen atoms in total. The summed E-state index contributed by atoms with van der Waals surface area (Å²) in [6.45, 7) is 2.25. The van der Waals surface area contributed by atoms with Crippen LogP contribution in [0.15, 0.2) is 18.6 Å². The minimum absolute atomic E-state index is 0.0285. The fourth-order valence-electron chi connectivity index (χ4n) is 2.91. The zero-order valence-corrected chi connectivity index (χ0v) is 15.7. The van der Waals surface area contributed by atoms with Crippen molar-refractivity contribution >= 4 is 38.7 Å². The summed E-state index contributed by atoms with van der Waals surface area (Å²) in [7, 11) is -0.222. The summed E-state index contributed by atoms with van der Waals surface area (Å²) in [6.07, 6.45) is 3.16. The molecule has 10 heteroatoms. The quantitative estimate of drug-likeness (QED) is 0.738. The van der Waals surface area contributed by atoms with Gasteiger partial charge in [-0.05, 0) is 13.0 Å². The van der Waals surface area contributed by atoms with Crippen LogP contribution < -0.4 is 4.90 Å². The molecule has 1 saturated heterocycles. The van der Waals surface area contributed by atoms with Gasteiger partial charge in [0.15, 0.2) is 9.84 Å².